The van der Waals surface area contributed by atoms with Crippen molar-refractivity contribution in [3.8, 4) is 0 Å². The number of ether oxygens (including phenoxy) is 1. The van der Waals surface area contributed by atoms with Crippen LogP contribution in [0.4, 0.5) is 0 Å². The number of carbonyl (C=O) groups is 2. The van der Waals surface area contributed by atoms with Gasteiger partial charge < -0.3 is 19.3 Å². The molecule has 1 N–H and O–H groups in total. The average molecular weight is 363 g/mol. The number of carbonyl (C=O) groups excluding carboxylic acids is 1. The maximum atomic E-state index is 13.1. The lowest BCUT2D eigenvalue weighted by atomic mass is 10.1. The largest absolute Gasteiger partial charge is 0.480 e. The summed E-state index contributed by atoms with van der Waals surface area (Å²) in [6.07, 6.45) is 0. The van der Waals surface area contributed by atoms with Crippen molar-refractivity contribution in [3.63, 3.8) is 0 Å². The molecule has 3 heterocycles. The second-order valence-corrected chi connectivity index (χ2v) is 7.04. The summed E-state index contributed by atoms with van der Waals surface area (Å²) in [7, 11) is 0. The molecule has 8 heteroatoms. The Morgan fingerprint density at radius 3 is 2.69 bits per heavy atom. The highest BCUT2D eigenvalue weighted by Crippen LogP contribution is 2.21. The molecule has 0 saturated carbocycles. The summed E-state index contributed by atoms with van der Waals surface area (Å²) < 4.78 is 7.26. The predicted octanol–water partition coefficient (Wildman–Crippen LogP) is 0.0340. The summed E-state index contributed by atoms with van der Waals surface area (Å²) in [5, 5.41) is 9.10. The Kier molecular flexibility index (Phi) is 5.43. The number of aromatic nitrogens is 1. The van der Waals surface area contributed by atoms with Gasteiger partial charge in [-0.3, -0.25) is 19.3 Å². The topological polar surface area (TPSA) is 92.1 Å². The monoisotopic (exact) mass is 363 g/mol. The van der Waals surface area contributed by atoms with Gasteiger partial charge in [0.15, 0.2) is 0 Å². The Morgan fingerprint density at radius 1 is 1.23 bits per heavy atom. The number of hydrogen-bond acceptors (Lipinski definition) is 5. The van der Waals surface area contributed by atoms with E-state index in [1.807, 2.05) is 18.7 Å². The first-order chi connectivity index (χ1) is 12.4. The number of aliphatic carboxylic acids is 1. The molecule has 0 unspecified atom stereocenters. The Hall–Kier alpha value is -2.19. The zero-order chi connectivity index (χ0) is 18.8. The molecule has 142 valence electrons. The molecule has 3 rings (SSSR count). The minimum absolute atomic E-state index is 0.0321. The molecule has 8 nitrogen and oxygen atoms in total. The number of pyridine rings is 1. The van der Waals surface area contributed by atoms with Crippen molar-refractivity contribution in [2.75, 3.05) is 39.4 Å². The second kappa shape index (κ2) is 7.59. The van der Waals surface area contributed by atoms with Gasteiger partial charge in [-0.1, -0.05) is 0 Å². The molecule has 2 aliphatic rings. The summed E-state index contributed by atoms with van der Waals surface area (Å²) >= 11 is 0. The lowest BCUT2D eigenvalue weighted by Crippen LogP contribution is -2.48. The fourth-order valence-corrected chi connectivity index (χ4v) is 3.89. The van der Waals surface area contributed by atoms with E-state index in [2.05, 4.69) is 0 Å². The zero-order valence-electron chi connectivity index (χ0n) is 15.2. The van der Waals surface area contributed by atoms with Crippen molar-refractivity contribution in [2.45, 2.75) is 26.4 Å². The van der Waals surface area contributed by atoms with Crippen LogP contribution in [0, 0.1) is 12.8 Å². The molecule has 0 aromatic carbocycles. The predicted molar refractivity (Wildman–Crippen MR) is 94.3 cm³/mol. The molecule has 1 amide bonds. The molecule has 1 aromatic rings. The molecule has 2 aliphatic heterocycles. The number of aryl methyl sites for hydroxylation is 1. The third-order valence-corrected chi connectivity index (χ3v) is 5.10. The highest BCUT2D eigenvalue weighted by atomic mass is 16.5. The Morgan fingerprint density at radius 2 is 2.00 bits per heavy atom. The summed E-state index contributed by atoms with van der Waals surface area (Å²) in [5.41, 5.74) is 0.703. The van der Waals surface area contributed by atoms with E-state index < -0.39 is 5.97 Å². The molecule has 2 bridgehead atoms. The lowest BCUT2D eigenvalue weighted by molar-refractivity contribution is -0.138. The van der Waals surface area contributed by atoms with Gasteiger partial charge in [0.25, 0.3) is 11.5 Å². The fraction of sp³-hybridized carbons (Fsp3) is 0.611. The highest BCUT2D eigenvalue weighted by Gasteiger charge is 2.37. The SMILES string of the molecule is CCn1c(C)ccc(C(=O)N2C[C@H]3COC[C@@H]2CN(CC(=O)O)C3)c1=O. The van der Waals surface area contributed by atoms with Crippen molar-refractivity contribution in [3.05, 3.63) is 33.7 Å². The first kappa shape index (κ1) is 18.6. The molecular weight excluding hydrogens is 338 g/mol. The van der Waals surface area contributed by atoms with Crippen molar-refractivity contribution >= 4 is 11.9 Å². The molecule has 2 fully saturated rings. The number of fused-ring (bicyclic) bond motifs is 3. The number of carboxylic acid groups (broad SMARTS) is 1. The molecular formula is C18H25N3O5. The minimum Gasteiger partial charge on any atom is -0.480 e. The highest BCUT2D eigenvalue weighted by molar-refractivity contribution is 5.94. The lowest BCUT2D eigenvalue weighted by Gasteiger charge is -2.30. The van der Waals surface area contributed by atoms with Crippen LogP contribution in [0.15, 0.2) is 16.9 Å². The van der Waals surface area contributed by atoms with Gasteiger partial charge in [0.2, 0.25) is 0 Å². The van der Waals surface area contributed by atoms with E-state index in [4.69, 9.17) is 9.84 Å². The van der Waals surface area contributed by atoms with Gasteiger partial charge in [-0.25, -0.2) is 0 Å². The summed E-state index contributed by atoms with van der Waals surface area (Å²) in [5.74, 6) is -1.15. The first-order valence-electron chi connectivity index (χ1n) is 8.94. The molecule has 2 atom stereocenters. The van der Waals surface area contributed by atoms with Crippen molar-refractivity contribution in [2.24, 2.45) is 5.92 Å². The van der Waals surface area contributed by atoms with E-state index in [9.17, 15) is 14.4 Å². The molecule has 2 saturated heterocycles. The van der Waals surface area contributed by atoms with Gasteiger partial charge in [0, 0.05) is 37.8 Å². The number of hydrogen-bond donors (Lipinski definition) is 1. The number of nitrogens with zero attached hydrogens (tertiary/aromatic N) is 3. The van der Waals surface area contributed by atoms with Crippen LogP contribution in [-0.2, 0) is 16.1 Å². The van der Waals surface area contributed by atoms with Crippen LogP contribution < -0.4 is 5.56 Å². The Balaban J connectivity index is 1.90. The standard InChI is InChI=1S/C18H25N3O5/c1-3-20-12(2)4-5-15(17(20)24)18(25)21-7-13-6-19(9-16(22)23)8-14(21)11-26-10-13/h4-5,13-14H,3,6-11H2,1-2H3,(H,22,23)/t13-,14-/m0/s1. The first-order valence-corrected chi connectivity index (χ1v) is 8.94. The molecule has 0 radical (unpaired) electrons. The molecule has 26 heavy (non-hydrogen) atoms. The van der Waals surface area contributed by atoms with Crippen LogP contribution in [0.3, 0.4) is 0 Å². The maximum absolute atomic E-state index is 13.1. The second-order valence-electron chi connectivity index (χ2n) is 7.04. The Labute approximate surface area is 152 Å². The zero-order valence-corrected chi connectivity index (χ0v) is 15.2. The van der Waals surface area contributed by atoms with E-state index in [-0.39, 0.29) is 35.5 Å². The van der Waals surface area contributed by atoms with Crippen LogP contribution in [0.25, 0.3) is 0 Å². The molecule has 0 aliphatic carbocycles. The number of carboxylic acids is 1. The van der Waals surface area contributed by atoms with Gasteiger partial charge in [0.1, 0.15) is 5.56 Å². The summed E-state index contributed by atoms with van der Waals surface area (Å²) in [6, 6.07) is 3.12. The van der Waals surface area contributed by atoms with Crippen LogP contribution in [0.1, 0.15) is 23.0 Å². The van der Waals surface area contributed by atoms with Crippen LogP contribution in [0.5, 0.6) is 0 Å². The van der Waals surface area contributed by atoms with E-state index in [1.54, 1.807) is 21.6 Å². The average Bonchev–Trinajstić information content (AvgIpc) is 2.85. The van der Waals surface area contributed by atoms with E-state index in [1.165, 1.54) is 0 Å². The Bertz CT molecular complexity index is 760. The normalized spacial score (nSPS) is 23.5. The molecule has 0 spiro atoms. The van der Waals surface area contributed by atoms with E-state index >= 15 is 0 Å². The van der Waals surface area contributed by atoms with Crippen molar-refractivity contribution in [1.29, 1.82) is 0 Å². The van der Waals surface area contributed by atoms with Gasteiger partial charge >= 0.3 is 5.97 Å². The van der Waals surface area contributed by atoms with Crippen molar-refractivity contribution in [1.82, 2.24) is 14.4 Å². The van der Waals surface area contributed by atoms with E-state index in [0.717, 1.165) is 5.69 Å². The van der Waals surface area contributed by atoms with Crippen LogP contribution >= 0.6 is 0 Å². The van der Waals surface area contributed by atoms with Crippen molar-refractivity contribution < 1.29 is 19.4 Å². The number of amides is 1. The van der Waals surface area contributed by atoms with Crippen LogP contribution in [-0.4, -0.2) is 76.8 Å². The maximum Gasteiger partial charge on any atom is 0.317 e. The van der Waals surface area contributed by atoms with Gasteiger partial charge in [0.05, 0.1) is 25.8 Å². The van der Waals surface area contributed by atoms with E-state index in [0.29, 0.717) is 39.4 Å². The van der Waals surface area contributed by atoms with Gasteiger partial charge in [-0.2, -0.15) is 0 Å². The van der Waals surface area contributed by atoms with Gasteiger partial charge in [-0.05, 0) is 26.0 Å². The third kappa shape index (κ3) is 3.66. The van der Waals surface area contributed by atoms with Crippen LogP contribution in [0.2, 0.25) is 0 Å². The third-order valence-electron chi connectivity index (χ3n) is 5.10. The smallest absolute Gasteiger partial charge is 0.317 e. The van der Waals surface area contributed by atoms with Gasteiger partial charge in [-0.15, -0.1) is 0 Å². The number of rotatable bonds is 4. The minimum atomic E-state index is -0.881. The summed E-state index contributed by atoms with van der Waals surface area (Å²) in [4.78, 5) is 40.5. The summed E-state index contributed by atoms with van der Waals surface area (Å²) in [6.45, 7) is 6.49. The quantitative estimate of drug-likeness (QED) is 0.812. The fourth-order valence-electron chi connectivity index (χ4n) is 3.89. The molecule has 1 aromatic heterocycles.